The molecule has 0 aliphatic carbocycles. The van der Waals surface area contributed by atoms with Crippen molar-refractivity contribution in [2.45, 2.75) is 6.92 Å². The number of anilines is 1. The first-order valence-corrected chi connectivity index (χ1v) is 5.29. The van der Waals surface area contributed by atoms with Crippen LogP contribution in [0.25, 0.3) is 0 Å². The highest BCUT2D eigenvalue weighted by molar-refractivity contribution is 14.1. The molecule has 0 aromatic heterocycles. The van der Waals surface area contributed by atoms with E-state index < -0.39 is 0 Å². The summed E-state index contributed by atoms with van der Waals surface area (Å²) in [6.07, 6.45) is 0. The molecule has 1 rings (SSSR count). The van der Waals surface area contributed by atoms with Gasteiger partial charge in [-0.25, -0.2) is 0 Å². The fraction of sp³-hybridized carbons (Fsp3) is 0.125. The second kappa shape index (κ2) is 4.43. The smallest absolute Gasteiger partial charge is 0.135 e. The van der Waals surface area contributed by atoms with E-state index in [9.17, 15) is 0 Å². The summed E-state index contributed by atoms with van der Waals surface area (Å²) in [5.74, 6) is 0. The first-order valence-electron chi connectivity index (χ1n) is 3.35. The number of thiocarbonyl (C=S) groups is 1. The minimum Gasteiger partial charge on any atom is -0.341 e. The number of benzene rings is 1. The van der Waals surface area contributed by atoms with Gasteiger partial charge in [0.1, 0.15) is 4.32 Å². The number of nitrogens with one attached hydrogen (secondary N) is 1. The van der Waals surface area contributed by atoms with E-state index in [0.717, 1.165) is 5.69 Å². The van der Waals surface area contributed by atoms with Gasteiger partial charge in [-0.15, -0.1) is 12.6 Å². The molecule has 4 heteroatoms. The second-order valence-electron chi connectivity index (χ2n) is 2.39. The Hall–Kier alpha value is 0.190. The first-order chi connectivity index (χ1) is 5.59. The van der Waals surface area contributed by atoms with Gasteiger partial charge in [-0.3, -0.25) is 0 Å². The van der Waals surface area contributed by atoms with E-state index in [4.69, 9.17) is 12.2 Å². The SMILES string of the molecule is Cc1cc(I)ccc1NC(=S)S. The molecule has 0 aliphatic heterocycles. The molecule has 64 valence electrons. The monoisotopic (exact) mass is 309 g/mol. The Bertz CT molecular complexity index is 312. The van der Waals surface area contributed by atoms with E-state index in [-0.39, 0.29) is 0 Å². The average molecular weight is 309 g/mol. The van der Waals surface area contributed by atoms with Crippen LogP contribution in [0.15, 0.2) is 18.2 Å². The maximum Gasteiger partial charge on any atom is 0.135 e. The molecule has 0 unspecified atom stereocenters. The van der Waals surface area contributed by atoms with Crippen molar-refractivity contribution in [2.75, 3.05) is 5.32 Å². The van der Waals surface area contributed by atoms with Crippen molar-refractivity contribution in [3.8, 4) is 0 Å². The van der Waals surface area contributed by atoms with Crippen molar-refractivity contribution in [1.82, 2.24) is 0 Å². The zero-order chi connectivity index (χ0) is 9.14. The minimum atomic E-state index is 0.499. The fourth-order valence-electron chi connectivity index (χ4n) is 0.883. The van der Waals surface area contributed by atoms with Crippen molar-refractivity contribution in [1.29, 1.82) is 0 Å². The summed E-state index contributed by atoms with van der Waals surface area (Å²) in [6.45, 7) is 2.04. The predicted octanol–water partition coefficient (Wildman–Crippen LogP) is 3.23. The summed E-state index contributed by atoms with van der Waals surface area (Å²) in [6, 6.07) is 6.12. The molecule has 0 heterocycles. The van der Waals surface area contributed by atoms with Crippen LogP contribution >= 0.6 is 47.4 Å². The van der Waals surface area contributed by atoms with Crippen molar-refractivity contribution in [3.63, 3.8) is 0 Å². The zero-order valence-electron chi connectivity index (χ0n) is 6.47. The highest BCUT2D eigenvalue weighted by Crippen LogP contribution is 2.17. The van der Waals surface area contributed by atoms with E-state index in [0.29, 0.717) is 4.32 Å². The van der Waals surface area contributed by atoms with Gasteiger partial charge in [0, 0.05) is 9.26 Å². The first kappa shape index (κ1) is 10.3. The van der Waals surface area contributed by atoms with Gasteiger partial charge in [-0.2, -0.15) is 0 Å². The predicted molar refractivity (Wildman–Crippen MR) is 69.1 cm³/mol. The van der Waals surface area contributed by atoms with Crippen LogP contribution < -0.4 is 5.32 Å². The van der Waals surface area contributed by atoms with Gasteiger partial charge in [0.15, 0.2) is 0 Å². The van der Waals surface area contributed by atoms with Crippen LogP contribution in [0.4, 0.5) is 5.69 Å². The summed E-state index contributed by atoms with van der Waals surface area (Å²) >= 11 is 11.1. The van der Waals surface area contributed by atoms with Crippen molar-refractivity contribution in [3.05, 3.63) is 27.3 Å². The Labute approximate surface area is 96.5 Å². The van der Waals surface area contributed by atoms with Crippen LogP contribution in [0.2, 0.25) is 0 Å². The fourth-order valence-corrected chi connectivity index (χ4v) is 1.76. The third kappa shape index (κ3) is 2.91. The minimum absolute atomic E-state index is 0.499. The molecule has 1 aromatic carbocycles. The lowest BCUT2D eigenvalue weighted by Gasteiger charge is -2.06. The number of hydrogen-bond donors (Lipinski definition) is 2. The maximum atomic E-state index is 4.82. The van der Waals surface area contributed by atoms with Crippen LogP contribution in [-0.4, -0.2) is 4.32 Å². The molecule has 0 atom stereocenters. The Morgan fingerprint density at radius 2 is 2.25 bits per heavy atom. The number of thiol groups is 1. The highest BCUT2D eigenvalue weighted by Gasteiger charge is 1.98. The number of hydrogen-bond acceptors (Lipinski definition) is 1. The van der Waals surface area contributed by atoms with E-state index in [1.165, 1.54) is 9.13 Å². The van der Waals surface area contributed by atoms with Gasteiger partial charge in [-0.1, -0.05) is 12.2 Å². The van der Waals surface area contributed by atoms with Gasteiger partial charge >= 0.3 is 0 Å². The molecule has 0 aliphatic rings. The van der Waals surface area contributed by atoms with Crippen LogP contribution in [0.3, 0.4) is 0 Å². The Morgan fingerprint density at radius 3 is 2.75 bits per heavy atom. The van der Waals surface area contributed by atoms with Crippen molar-refractivity contribution < 1.29 is 0 Å². The molecule has 0 amide bonds. The van der Waals surface area contributed by atoms with Crippen LogP contribution in [0.5, 0.6) is 0 Å². The van der Waals surface area contributed by atoms with Gasteiger partial charge in [-0.05, 0) is 53.3 Å². The maximum absolute atomic E-state index is 4.82. The third-order valence-electron chi connectivity index (χ3n) is 1.43. The molecule has 12 heavy (non-hydrogen) atoms. The summed E-state index contributed by atoms with van der Waals surface area (Å²) < 4.78 is 1.72. The van der Waals surface area contributed by atoms with E-state index >= 15 is 0 Å². The Balaban J connectivity index is 2.93. The molecule has 0 saturated heterocycles. The molecular weight excluding hydrogens is 301 g/mol. The Morgan fingerprint density at radius 1 is 1.58 bits per heavy atom. The highest BCUT2D eigenvalue weighted by atomic mass is 127. The summed E-state index contributed by atoms with van der Waals surface area (Å²) in [4.78, 5) is 0. The van der Waals surface area contributed by atoms with Crippen LogP contribution in [-0.2, 0) is 0 Å². The number of rotatable bonds is 1. The number of aryl methyl sites for hydroxylation is 1. The summed E-state index contributed by atoms with van der Waals surface area (Å²) in [7, 11) is 0. The molecule has 0 radical (unpaired) electrons. The third-order valence-corrected chi connectivity index (χ3v) is 2.31. The van der Waals surface area contributed by atoms with Gasteiger partial charge in [0.05, 0.1) is 0 Å². The normalized spacial score (nSPS) is 9.58. The quantitative estimate of drug-likeness (QED) is 0.469. The number of halogens is 1. The van der Waals surface area contributed by atoms with Gasteiger partial charge in [0.2, 0.25) is 0 Å². The molecule has 1 aromatic rings. The molecule has 0 bridgehead atoms. The van der Waals surface area contributed by atoms with Gasteiger partial charge in [0.25, 0.3) is 0 Å². The van der Waals surface area contributed by atoms with Crippen molar-refractivity contribution in [2.24, 2.45) is 0 Å². The molecule has 0 fully saturated rings. The molecule has 1 N–H and O–H groups in total. The van der Waals surface area contributed by atoms with E-state index in [2.05, 4.69) is 46.6 Å². The second-order valence-corrected chi connectivity index (χ2v) is 4.79. The van der Waals surface area contributed by atoms with E-state index in [1.54, 1.807) is 0 Å². The largest absolute Gasteiger partial charge is 0.341 e. The lowest BCUT2D eigenvalue weighted by atomic mass is 10.2. The standard InChI is InChI=1S/C8H8INS2/c1-5-4-6(9)2-3-7(5)10-8(11)12/h2-4H,1H3,(H2,10,11,12). The zero-order valence-corrected chi connectivity index (χ0v) is 10.3. The lowest BCUT2D eigenvalue weighted by molar-refractivity contribution is 1.44. The van der Waals surface area contributed by atoms with Gasteiger partial charge < -0.3 is 5.32 Å². The summed E-state index contributed by atoms with van der Waals surface area (Å²) in [5.41, 5.74) is 2.20. The lowest BCUT2D eigenvalue weighted by Crippen LogP contribution is -2.02. The molecule has 0 spiro atoms. The van der Waals surface area contributed by atoms with Crippen LogP contribution in [0, 0.1) is 10.5 Å². The Kier molecular flexibility index (Phi) is 3.79. The molecule has 0 saturated carbocycles. The van der Waals surface area contributed by atoms with Crippen LogP contribution in [0.1, 0.15) is 5.56 Å². The van der Waals surface area contributed by atoms with E-state index in [1.807, 2.05) is 19.1 Å². The van der Waals surface area contributed by atoms with Crippen molar-refractivity contribution >= 4 is 57.4 Å². The molecule has 1 nitrogen and oxygen atoms in total. The average Bonchev–Trinajstić information content (AvgIpc) is 1.94. The molecular formula is C8H8INS2. The topological polar surface area (TPSA) is 12.0 Å². The summed E-state index contributed by atoms with van der Waals surface area (Å²) in [5, 5.41) is 2.99.